The quantitative estimate of drug-likeness (QED) is 0.133. The van der Waals surface area contributed by atoms with Crippen molar-refractivity contribution in [3.63, 3.8) is 0 Å². The summed E-state index contributed by atoms with van der Waals surface area (Å²) in [5, 5.41) is 41.9. The maximum absolute atomic E-state index is 12.6. The van der Waals surface area contributed by atoms with Gasteiger partial charge in [-0.1, -0.05) is 0 Å². The zero-order valence-corrected chi connectivity index (χ0v) is 20.0. The Kier molecular flexibility index (Phi) is 11.3. The number of ether oxygens (including phenoxy) is 2. The highest BCUT2D eigenvalue weighted by molar-refractivity contribution is 7.45. The predicted octanol–water partition coefficient (Wildman–Crippen LogP) is -2.79. The number of aliphatic hydroxyl groups excluding tert-OH is 4. The molecule has 0 aromatic rings. The maximum atomic E-state index is 12.6. The Bertz CT molecular complexity index is 727. The molecule has 0 radical (unpaired) electrons. The molecule has 2 amide bonds. The lowest BCUT2D eigenvalue weighted by molar-refractivity contribution is -0.270. The summed E-state index contributed by atoms with van der Waals surface area (Å²) in [6, 6.07) is -1.65. The van der Waals surface area contributed by atoms with Crippen LogP contribution in [-0.4, -0.2) is 113 Å². The van der Waals surface area contributed by atoms with Crippen molar-refractivity contribution in [1.29, 1.82) is 0 Å². The molecule has 2 fully saturated rings. The first-order valence-corrected chi connectivity index (χ1v) is 12.4. The Morgan fingerprint density at radius 2 is 1.94 bits per heavy atom. The molecule has 2 aliphatic rings. The molecular weight excluding hydrogens is 479 g/mol. The molecule has 34 heavy (non-hydrogen) atoms. The first-order chi connectivity index (χ1) is 16.0. The van der Waals surface area contributed by atoms with E-state index >= 15 is 0 Å². The van der Waals surface area contributed by atoms with E-state index in [1.807, 2.05) is 0 Å². The van der Waals surface area contributed by atoms with Gasteiger partial charge >= 0.3 is 0 Å². The van der Waals surface area contributed by atoms with Crippen LogP contribution < -0.4 is 10.2 Å². The number of rotatable bonds is 12. The van der Waals surface area contributed by atoms with E-state index in [9.17, 15) is 39.5 Å². The molecule has 6 unspecified atom stereocenters. The summed E-state index contributed by atoms with van der Waals surface area (Å²) in [4.78, 5) is 36.8. The minimum absolute atomic E-state index is 0.0660. The van der Waals surface area contributed by atoms with Crippen LogP contribution in [0.5, 0.6) is 0 Å². The number of aliphatic hydroxyl groups is 4. The second-order valence-electron chi connectivity index (χ2n) is 8.28. The van der Waals surface area contributed by atoms with Crippen LogP contribution in [0.25, 0.3) is 0 Å². The number of hydrogen-bond acceptors (Lipinski definition) is 12. The fourth-order valence-corrected chi connectivity index (χ4v) is 4.38. The van der Waals surface area contributed by atoms with Crippen molar-refractivity contribution in [3.8, 4) is 0 Å². The first-order valence-electron chi connectivity index (χ1n) is 11.0. The Balaban J connectivity index is 1.80. The van der Waals surface area contributed by atoms with E-state index in [4.69, 9.17) is 14.0 Å². The van der Waals surface area contributed by atoms with Crippen molar-refractivity contribution < 1.29 is 58.0 Å². The zero-order valence-electron chi connectivity index (χ0n) is 19.1. The number of carbonyl (C=O) groups is 2. The average molecular weight is 513 g/mol. The van der Waals surface area contributed by atoms with Crippen LogP contribution in [0.4, 0.5) is 0 Å². The standard InChI is InChI=1S/C19H35N2O12P/c1-11(23)20-16-18(27)17(26)14(9-22)33-19(16)31-6-4-3-5-15(25)21-8-13(24)7-12(21)10-32-34(28,29)30-2/h12-14,16-19,22,24,26-27H,3-10H2,1-2H3,(H,20,23)(H,28,29)/p-1/t12-,13+,14?,16?,17?,18?,19?/m0/s1. The molecule has 5 N–H and O–H groups in total. The van der Waals surface area contributed by atoms with Crippen molar-refractivity contribution in [2.45, 2.75) is 75.4 Å². The van der Waals surface area contributed by atoms with Gasteiger partial charge in [0.25, 0.3) is 7.82 Å². The molecule has 2 saturated heterocycles. The Morgan fingerprint density at radius 3 is 2.56 bits per heavy atom. The summed E-state index contributed by atoms with van der Waals surface area (Å²) in [7, 11) is -3.48. The van der Waals surface area contributed by atoms with Crippen molar-refractivity contribution in [3.05, 3.63) is 0 Å². The highest BCUT2D eigenvalue weighted by Crippen LogP contribution is 2.38. The largest absolute Gasteiger partial charge is 0.756 e. The molecule has 2 heterocycles. The van der Waals surface area contributed by atoms with Gasteiger partial charge in [0.1, 0.15) is 24.4 Å². The molecule has 8 atom stereocenters. The Labute approximate surface area is 197 Å². The minimum atomic E-state index is -4.45. The Hall–Kier alpha value is -1.19. The van der Waals surface area contributed by atoms with Gasteiger partial charge in [0, 0.05) is 33.6 Å². The average Bonchev–Trinajstić information content (AvgIpc) is 3.17. The van der Waals surface area contributed by atoms with Gasteiger partial charge in [0.15, 0.2) is 6.29 Å². The highest BCUT2D eigenvalue weighted by Gasteiger charge is 2.45. The fourth-order valence-electron chi connectivity index (χ4n) is 3.92. The summed E-state index contributed by atoms with van der Waals surface area (Å²) in [5.41, 5.74) is 0. The highest BCUT2D eigenvalue weighted by atomic mass is 31.2. The molecular formula is C19H34N2O12P-. The monoisotopic (exact) mass is 513 g/mol. The van der Waals surface area contributed by atoms with E-state index in [0.717, 1.165) is 7.11 Å². The van der Waals surface area contributed by atoms with E-state index < -0.39 is 63.1 Å². The predicted molar refractivity (Wildman–Crippen MR) is 112 cm³/mol. The van der Waals surface area contributed by atoms with Crippen molar-refractivity contribution in [1.82, 2.24) is 10.2 Å². The van der Waals surface area contributed by atoms with Crippen LogP contribution in [-0.2, 0) is 32.7 Å². The molecule has 0 bridgehead atoms. The van der Waals surface area contributed by atoms with E-state index in [2.05, 4.69) is 9.84 Å². The van der Waals surface area contributed by atoms with Gasteiger partial charge < -0.3 is 54.1 Å². The van der Waals surface area contributed by atoms with Gasteiger partial charge in [-0.2, -0.15) is 0 Å². The number of β-amino-alcohol motifs (C(OH)–C–C–N with tert-alkyl or cyclic N) is 1. The van der Waals surface area contributed by atoms with E-state index in [0.29, 0.717) is 12.8 Å². The minimum Gasteiger partial charge on any atom is -0.756 e. The van der Waals surface area contributed by atoms with Crippen LogP contribution in [0.1, 0.15) is 32.6 Å². The lowest BCUT2D eigenvalue weighted by Gasteiger charge is -2.42. The lowest BCUT2D eigenvalue weighted by atomic mass is 9.97. The molecule has 0 aliphatic carbocycles. The van der Waals surface area contributed by atoms with Crippen molar-refractivity contribution >= 4 is 19.6 Å². The molecule has 2 rings (SSSR count). The number of carbonyl (C=O) groups excluding carboxylic acids is 2. The smallest absolute Gasteiger partial charge is 0.267 e. The second-order valence-corrected chi connectivity index (χ2v) is 9.79. The lowest BCUT2D eigenvalue weighted by Crippen LogP contribution is -2.64. The van der Waals surface area contributed by atoms with E-state index in [1.54, 1.807) is 0 Å². The summed E-state index contributed by atoms with van der Waals surface area (Å²) in [5.74, 6) is -0.751. The van der Waals surface area contributed by atoms with Crippen LogP contribution in [0.2, 0.25) is 0 Å². The molecule has 15 heteroatoms. The molecule has 0 aromatic carbocycles. The third-order valence-electron chi connectivity index (χ3n) is 5.68. The van der Waals surface area contributed by atoms with Gasteiger partial charge in [0.05, 0.1) is 25.4 Å². The van der Waals surface area contributed by atoms with E-state index in [-0.39, 0.29) is 38.5 Å². The molecule has 198 valence electrons. The number of phosphoric ester groups is 1. The molecule has 14 nitrogen and oxygen atoms in total. The van der Waals surface area contributed by atoms with Crippen LogP contribution >= 0.6 is 7.82 Å². The number of phosphoric acid groups is 1. The SMILES string of the molecule is COP(=O)([O-])OC[C@@H]1C[C@@H](O)CN1C(=O)CCCCOC1OC(CO)C(O)C(O)C1NC(C)=O. The zero-order chi connectivity index (χ0) is 25.5. The summed E-state index contributed by atoms with van der Waals surface area (Å²) in [6.45, 7) is 0.523. The summed E-state index contributed by atoms with van der Waals surface area (Å²) >= 11 is 0. The maximum Gasteiger partial charge on any atom is 0.267 e. The third-order valence-corrected chi connectivity index (χ3v) is 6.59. The summed E-state index contributed by atoms with van der Waals surface area (Å²) < 4.78 is 31.4. The van der Waals surface area contributed by atoms with Crippen molar-refractivity contribution in [2.75, 3.05) is 33.5 Å². The molecule has 0 saturated carbocycles. The fraction of sp³-hybridized carbons (Fsp3) is 0.895. The molecule has 0 spiro atoms. The third kappa shape index (κ3) is 8.19. The second kappa shape index (κ2) is 13.2. The first kappa shape index (κ1) is 29.0. The molecule has 2 aliphatic heterocycles. The number of nitrogens with one attached hydrogen (secondary N) is 1. The van der Waals surface area contributed by atoms with Gasteiger partial charge in [-0.25, -0.2) is 0 Å². The number of nitrogens with zero attached hydrogens (tertiary/aromatic N) is 1. The summed E-state index contributed by atoms with van der Waals surface area (Å²) in [6.07, 6.45) is -4.74. The van der Waals surface area contributed by atoms with Gasteiger partial charge in [0.2, 0.25) is 11.8 Å². The number of hydrogen-bond donors (Lipinski definition) is 5. The van der Waals surface area contributed by atoms with Crippen LogP contribution in [0.3, 0.4) is 0 Å². The Morgan fingerprint density at radius 1 is 1.24 bits per heavy atom. The van der Waals surface area contributed by atoms with Crippen LogP contribution in [0.15, 0.2) is 0 Å². The van der Waals surface area contributed by atoms with Gasteiger partial charge in [-0.15, -0.1) is 0 Å². The molecule has 0 aromatic heterocycles. The van der Waals surface area contributed by atoms with E-state index in [1.165, 1.54) is 11.8 Å². The number of likely N-dealkylation sites (tertiary alicyclic amines) is 1. The van der Waals surface area contributed by atoms with Gasteiger partial charge in [-0.05, 0) is 19.3 Å². The van der Waals surface area contributed by atoms with Gasteiger partial charge in [-0.3, -0.25) is 14.2 Å². The van der Waals surface area contributed by atoms with Crippen LogP contribution in [0, 0.1) is 0 Å². The van der Waals surface area contributed by atoms with Crippen molar-refractivity contribution in [2.24, 2.45) is 0 Å². The number of amides is 2. The topological polar surface area (TPSA) is 207 Å². The number of unbranched alkanes of at least 4 members (excludes halogenated alkanes) is 1. The normalized spacial score (nSPS) is 33.5.